The third-order valence-electron chi connectivity index (χ3n) is 19.5. The Morgan fingerprint density at radius 1 is 0.688 bits per heavy atom. The minimum absolute atomic E-state index is 0.0305. The van der Waals surface area contributed by atoms with Gasteiger partial charge in [-0.05, 0) is 124 Å². The molecule has 25 atom stereocenters. The average Bonchev–Trinajstić information content (AvgIpc) is 3.67. The molecule has 366 valence electrons. The predicted octanol–water partition coefficient (Wildman–Crippen LogP) is 1.20. The van der Waals surface area contributed by atoms with E-state index < -0.39 is 116 Å². The van der Waals surface area contributed by atoms with Gasteiger partial charge in [-0.3, -0.25) is 4.79 Å². The summed E-state index contributed by atoms with van der Waals surface area (Å²) in [4.78, 5) is 13.1. The van der Waals surface area contributed by atoms with Crippen molar-refractivity contribution in [2.45, 2.75) is 198 Å². The van der Waals surface area contributed by atoms with Crippen molar-refractivity contribution in [3.63, 3.8) is 0 Å². The maximum atomic E-state index is 13.1. The molecule has 5 aliphatic carbocycles. The molecule has 0 bridgehead atoms. The molecule has 64 heavy (non-hydrogen) atoms. The second-order valence-corrected chi connectivity index (χ2v) is 22.3. The summed E-state index contributed by atoms with van der Waals surface area (Å²) in [6.07, 6.45) is -14.0. The van der Waals surface area contributed by atoms with E-state index in [9.17, 15) is 55.9 Å². The largest absolute Gasteiger partial charge is 0.481 e. The summed E-state index contributed by atoms with van der Waals surface area (Å²) in [5.41, 5.74) is -0.722. The lowest BCUT2D eigenvalue weighted by molar-refractivity contribution is -0.383. The van der Waals surface area contributed by atoms with Crippen LogP contribution in [0.3, 0.4) is 0 Å². The number of carboxylic acid groups (broad SMARTS) is 1. The Bertz CT molecular complexity index is 1720. The maximum absolute atomic E-state index is 13.1. The summed E-state index contributed by atoms with van der Waals surface area (Å²) >= 11 is 0. The zero-order valence-electron chi connectivity index (χ0n) is 38.3. The highest BCUT2D eigenvalue weighted by atomic mass is 16.8. The molecule has 4 unspecified atom stereocenters. The number of hydrogen-bond acceptors (Lipinski definition) is 16. The summed E-state index contributed by atoms with van der Waals surface area (Å²) in [6.45, 7) is 16.1. The molecule has 0 spiro atoms. The van der Waals surface area contributed by atoms with Crippen molar-refractivity contribution in [3.05, 3.63) is 12.2 Å². The Balaban J connectivity index is 1.00. The van der Waals surface area contributed by atoms with Gasteiger partial charge in [0.05, 0.1) is 37.4 Å². The number of rotatable bonds is 10. The first kappa shape index (κ1) is 49.0. The van der Waals surface area contributed by atoms with Gasteiger partial charge < -0.3 is 79.5 Å². The van der Waals surface area contributed by atoms with E-state index in [0.717, 1.165) is 50.5 Å². The molecule has 17 heteroatoms. The summed E-state index contributed by atoms with van der Waals surface area (Å²) in [5, 5.41) is 108. The lowest BCUT2D eigenvalue weighted by Crippen LogP contribution is -2.68. The Morgan fingerprint density at radius 2 is 1.38 bits per heavy atom. The summed E-state index contributed by atoms with van der Waals surface area (Å²) < 4.78 is 36.2. The normalized spacial score (nSPS) is 56.3. The van der Waals surface area contributed by atoms with Crippen LogP contribution in [-0.2, 0) is 33.2 Å². The van der Waals surface area contributed by atoms with E-state index in [0.29, 0.717) is 25.2 Å². The van der Waals surface area contributed by atoms with Gasteiger partial charge >= 0.3 is 5.97 Å². The lowest BCUT2D eigenvalue weighted by atomic mass is 9.32. The summed E-state index contributed by atoms with van der Waals surface area (Å²) in [6, 6.07) is 0. The number of aliphatic hydroxyl groups excluding tert-OH is 9. The number of allylic oxidation sites excluding steroid dienone is 1. The number of ether oxygens (including phenoxy) is 6. The first-order valence-electron chi connectivity index (χ1n) is 23.8. The highest BCUT2D eigenvalue weighted by Crippen LogP contribution is 2.77. The third kappa shape index (κ3) is 7.31. The molecule has 8 fully saturated rings. The van der Waals surface area contributed by atoms with E-state index in [1.807, 2.05) is 0 Å². The second kappa shape index (κ2) is 17.5. The second-order valence-electron chi connectivity index (χ2n) is 22.3. The van der Waals surface area contributed by atoms with Crippen LogP contribution in [0.4, 0.5) is 0 Å². The molecular weight excluding hydrogens is 836 g/mol. The molecule has 5 saturated carbocycles. The fraction of sp³-hybridized carbons (Fsp3) is 0.936. The van der Waals surface area contributed by atoms with E-state index in [2.05, 4.69) is 41.2 Å². The SMILES string of the molecule is C=C(C)C1CC[C@]2(C(=O)O)CC[C@]3(C)C(CC[C@@H]4[C@@]5(C)CC[C@H](O[C@@H]6OC[C@H](O)[C@H](O)[C@H]6O[C@@H]6O[C@@H](C)[C@H](O)[C@@H](O[C@@H]7O[C@H](CO)[C@@H](O)[C@H](O)[C@H]7O)[C@H]6O)[C@@](C)(CO)C5CC[C@]43C)C12. The van der Waals surface area contributed by atoms with Gasteiger partial charge in [0, 0.05) is 5.41 Å². The van der Waals surface area contributed by atoms with Gasteiger partial charge in [0.15, 0.2) is 18.9 Å². The minimum Gasteiger partial charge on any atom is -0.481 e. The molecule has 8 rings (SSSR count). The van der Waals surface area contributed by atoms with Crippen LogP contribution in [0.5, 0.6) is 0 Å². The van der Waals surface area contributed by atoms with Crippen molar-refractivity contribution in [1.29, 1.82) is 0 Å². The molecule has 8 aliphatic rings. The highest BCUT2D eigenvalue weighted by molar-refractivity contribution is 5.76. The molecule has 0 aromatic heterocycles. The summed E-state index contributed by atoms with van der Waals surface area (Å²) in [5.74, 6) is 0.213. The van der Waals surface area contributed by atoms with Crippen molar-refractivity contribution in [2.24, 2.45) is 56.7 Å². The molecule has 17 nitrogen and oxygen atoms in total. The van der Waals surface area contributed by atoms with E-state index in [-0.39, 0.29) is 53.1 Å². The Hall–Kier alpha value is -1.39. The number of aliphatic hydroxyl groups is 9. The maximum Gasteiger partial charge on any atom is 0.309 e. The zero-order valence-corrected chi connectivity index (χ0v) is 38.3. The lowest BCUT2D eigenvalue weighted by Gasteiger charge is -2.73. The molecule has 0 radical (unpaired) electrons. The van der Waals surface area contributed by atoms with Gasteiger partial charge in [-0.15, -0.1) is 0 Å². The topological polar surface area (TPSA) is 275 Å². The number of carbonyl (C=O) groups is 1. The van der Waals surface area contributed by atoms with Crippen molar-refractivity contribution in [1.82, 2.24) is 0 Å². The average molecular weight is 913 g/mol. The van der Waals surface area contributed by atoms with E-state index in [1.165, 1.54) is 6.92 Å². The number of hydrogen-bond donors (Lipinski definition) is 10. The van der Waals surface area contributed by atoms with Gasteiger partial charge in [0.25, 0.3) is 0 Å². The predicted molar refractivity (Wildman–Crippen MR) is 225 cm³/mol. The molecule has 0 amide bonds. The van der Waals surface area contributed by atoms with Gasteiger partial charge in [-0.2, -0.15) is 0 Å². The van der Waals surface area contributed by atoms with Crippen molar-refractivity contribution in [2.75, 3.05) is 19.8 Å². The van der Waals surface area contributed by atoms with Crippen LogP contribution in [0.1, 0.15) is 106 Å². The smallest absolute Gasteiger partial charge is 0.309 e. The highest BCUT2D eigenvalue weighted by Gasteiger charge is 2.72. The Morgan fingerprint density at radius 3 is 2.03 bits per heavy atom. The first-order valence-corrected chi connectivity index (χ1v) is 23.8. The minimum atomic E-state index is -1.82. The molecule has 0 aromatic carbocycles. The van der Waals surface area contributed by atoms with Crippen LogP contribution >= 0.6 is 0 Å². The molecule has 3 heterocycles. The van der Waals surface area contributed by atoms with E-state index >= 15 is 0 Å². The van der Waals surface area contributed by atoms with Gasteiger partial charge in [0.1, 0.15) is 61.0 Å². The van der Waals surface area contributed by atoms with Gasteiger partial charge in [0.2, 0.25) is 0 Å². The molecule has 10 N–H and O–H groups in total. The van der Waals surface area contributed by atoms with Crippen LogP contribution in [0, 0.1) is 56.7 Å². The van der Waals surface area contributed by atoms with Crippen molar-refractivity contribution in [3.8, 4) is 0 Å². The van der Waals surface area contributed by atoms with Crippen LogP contribution in [0.25, 0.3) is 0 Å². The molecule has 3 saturated heterocycles. The zero-order chi connectivity index (χ0) is 46.6. The number of carboxylic acids is 1. The van der Waals surface area contributed by atoms with Crippen LogP contribution in [-0.4, -0.2) is 169 Å². The van der Waals surface area contributed by atoms with Crippen LogP contribution in [0.15, 0.2) is 12.2 Å². The number of fused-ring (bicyclic) bond motifs is 7. The van der Waals surface area contributed by atoms with E-state index in [4.69, 9.17) is 28.4 Å². The first-order chi connectivity index (χ1) is 30.0. The van der Waals surface area contributed by atoms with Crippen molar-refractivity contribution < 1.29 is 84.3 Å². The monoisotopic (exact) mass is 913 g/mol. The fourth-order valence-electron chi connectivity index (χ4n) is 15.7. The van der Waals surface area contributed by atoms with Gasteiger partial charge in [-0.25, -0.2) is 0 Å². The molecular formula is C47H76O17. The third-order valence-corrected chi connectivity index (χ3v) is 19.5. The Labute approximate surface area is 376 Å². The standard InChI is InChI=1S/C47H76O17/c1-21(2)23-10-15-47(42(57)58)17-16-45(6)24(30(23)47)8-9-28-43(4)13-12-29(44(5,20-49)27(43)11-14-46(28,45)7)62-41-38(32(52)25(50)19-59-41)64-40-36(56)37(31(51)22(3)60-40)63-39-35(55)34(54)33(53)26(18-48)61-39/h22-41,48-56H,1,8-20H2,2-7H3,(H,57,58)/t22-,23?,24?,25-,26+,27?,28+,29-,30?,31-,32-,33+,34-,35+,36+,37+,38+,39-,40-,41-,43-,44-,45+,46+,47-/m0/s1. The van der Waals surface area contributed by atoms with E-state index in [1.54, 1.807) is 0 Å². The number of aliphatic carboxylic acids is 1. The van der Waals surface area contributed by atoms with Gasteiger partial charge in [-0.1, -0.05) is 39.8 Å². The quantitative estimate of drug-likeness (QED) is 0.109. The van der Waals surface area contributed by atoms with Crippen molar-refractivity contribution >= 4 is 5.97 Å². The fourth-order valence-corrected chi connectivity index (χ4v) is 15.7. The van der Waals surface area contributed by atoms with Crippen LogP contribution < -0.4 is 0 Å². The Kier molecular flexibility index (Phi) is 13.4. The molecule has 3 aliphatic heterocycles. The summed E-state index contributed by atoms with van der Waals surface area (Å²) in [7, 11) is 0. The molecule has 0 aromatic rings. The van der Waals surface area contributed by atoms with Crippen LogP contribution in [0.2, 0.25) is 0 Å².